The van der Waals surface area contributed by atoms with Crippen molar-refractivity contribution in [2.75, 3.05) is 0 Å². The lowest BCUT2D eigenvalue weighted by Crippen LogP contribution is -1.93. The van der Waals surface area contributed by atoms with Crippen LogP contribution in [0.5, 0.6) is 0 Å². The molecule has 1 aromatic rings. The van der Waals surface area contributed by atoms with Crippen LogP contribution in [0.15, 0.2) is 10.8 Å². The number of aromatic nitrogens is 2. The van der Waals surface area contributed by atoms with E-state index in [-0.39, 0.29) is 0 Å². The fraction of sp³-hybridized carbons (Fsp3) is 0.800. The van der Waals surface area contributed by atoms with Gasteiger partial charge >= 0.3 is 0 Å². The van der Waals surface area contributed by atoms with Gasteiger partial charge in [-0.15, -0.1) is 0 Å². The SMILES string of the molecule is CCCCCCC(C)c1cnon1. The first-order valence-electron chi connectivity index (χ1n) is 5.12. The summed E-state index contributed by atoms with van der Waals surface area (Å²) in [4.78, 5) is 0. The third-order valence-electron chi connectivity index (χ3n) is 2.37. The minimum absolute atomic E-state index is 0.489. The zero-order valence-corrected chi connectivity index (χ0v) is 8.49. The monoisotopic (exact) mass is 182 g/mol. The predicted octanol–water partition coefficient (Wildman–Crippen LogP) is 3.14. The molecule has 0 saturated carbocycles. The van der Waals surface area contributed by atoms with E-state index in [2.05, 4.69) is 28.8 Å². The van der Waals surface area contributed by atoms with E-state index in [1.807, 2.05) is 0 Å². The second kappa shape index (κ2) is 5.73. The van der Waals surface area contributed by atoms with Gasteiger partial charge in [0.05, 0.1) is 6.20 Å². The standard InChI is InChI=1S/C10H18N2O/c1-3-4-5-6-7-9(2)10-8-11-13-12-10/h8-9H,3-7H2,1-2H3. The number of nitrogens with zero attached hydrogens (tertiary/aromatic N) is 2. The first-order valence-corrected chi connectivity index (χ1v) is 5.12. The Bertz CT molecular complexity index is 209. The van der Waals surface area contributed by atoms with E-state index in [4.69, 9.17) is 0 Å². The summed E-state index contributed by atoms with van der Waals surface area (Å²) in [7, 11) is 0. The highest BCUT2D eigenvalue weighted by atomic mass is 16.6. The van der Waals surface area contributed by atoms with Crippen LogP contribution in [0.3, 0.4) is 0 Å². The van der Waals surface area contributed by atoms with Crippen molar-refractivity contribution in [2.24, 2.45) is 0 Å². The van der Waals surface area contributed by atoms with Gasteiger partial charge in [-0.1, -0.05) is 49.8 Å². The average molecular weight is 182 g/mol. The highest BCUT2D eigenvalue weighted by Gasteiger charge is 2.08. The smallest absolute Gasteiger partial charge is 0.107 e. The molecule has 0 aromatic carbocycles. The predicted molar refractivity (Wildman–Crippen MR) is 51.5 cm³/mol. The van der Waals surface area contributed by atoms with Crippen LogP contribution in [-0.4, -0.2) is 10.3 Å². The minimum Gasteiger partial charge on any atom is -0.244 e. The molecule has 0 radical (unpaired) electrons. The molecule has 1 unspecified atom stereocenters. The molecule has 0 aliphatic heterocycles. The fourth-order valence-corrected chi connectivity index (χ4v) is 1.41. The highest BCUT2D eigenvalue weighted by molar-refractivity contribution is 4.97. The normalized spacial score (nSPS) is 13.1. The molecule has 0 spiro atoms. The van der Waals surface area contributed by atoms with Crippen molar-refractivity contribution in [2.45, 2.75) is 51.9 Å². The Labute approximate surface area is 79.5 Å². The lowest BCUT2D eigenvalue weighted by atomic mass is 10.0. The summed E-state index contributed by atoms with van der Waals surface area (Å²) in [5, 5.41) is 7.43. The summed E-state index contributed by atoms with van der Waals surface area (Å²) in [6.07, 6.45) is 8.14. The van der Waals surface area contributed by atoms with E-state index in [0.717, 1.165) is 5.69 Å². The van der Waals surface area contributed by atoms with Crippen molar-refractivity contribution in [3.8, 4) is 0 Å². The average Bonchev–Trinajstić information content (AvgIpc) is 2.65. The Balaban J connectivity index is 2.15. The second-order valence-electron chi connectivity index (χ2n) is 3.58. The third kappa shape index (κ3) is 3.57. The quantitative estimate of drug-likeness (QED) is 0.634. The highest BCUT2D eigenvalue weighted by Crippen LogP contribution is 2.19. The molecule has 1 atom stereocenters. The van der Waals surface area contributed by atoms with E-state index in [1.165, 1.54) is 32.1 Å². The molecular weight excluding hydrogens is 164 g/mol. The Kier molecular flexibility index (Phi) is 4.50. The van der Waals surface area contributed by atoms with E-state index in [1.54, 1.807) is 6.20 Å². The van der Waals surface area contributed by atoms with Crippen molar-refractivity contribution in [1.82, 2.24) is 10.3 Å². The molecule has 0 amide bonds. The molecule has 13 heavy (non-hydrogen) atoms. The van der Waals surface area contributed by atoms with E-state index in [9.17, 15) is 0 Å². The van der Waals surface area contributed by atoms with Crippen molar-refractivity contribution < 1.29 is 4.63 Å². The lowest BCUT2D eigenvalue weighted by Gasteiger charge is -2.05. The number of rotatable bonds is 6. The summed E-state index contributed by atoms with van der Waals surface area (Å²) < 4.78 is 4.56. The number of hydrogen-bond donors (Lipinski definition) is 0. The van der Waals surface area contributed by atoms with Crippen molar-refractivity contribution >= 4 is 0 Å². The van der Waals surface area contributed by atoms with Gasteiger partial charge in [-0.3, -0.25) is 0 Å². The summed E-state index contributed by atoms with van der Waals surface area (Å²) in [5.74, 6) is 0.489. The van der Waals surface area contributed by atoms with Crippen LogP contribution >= 0.6 is 0 Å². The topological polar surface area (TPSA) is 38.9 Å². The van der Waals surface area contributed by atoms with Gasteiger partial charge in [0, 0.05) is 5.92 Å². The maximum Gasteiger partial charge on any atom is 0.107 e. The molecule has 0 saturated heterocycles. The van der Waals surface area contributed by atoms with E-state index >= 15 is 0 Å². The molecule has 1 heterocycles. The van der Waals surface area contributed by atoms with Crippen molar-refractivity contribution in [3.63, 3.8) is 0 Å². The van der Waals surface area contributed by atoms with Gasteiger partial charge in [-0.05, 0) is 6.42 Å². The van der Waals surface area contributed by atoms with Crippen molar-refractivity contribution in [1.29, 1.82) is 0 Å². The maximum absolute atomic E-state index is 4.56. The van der Waals surface area contributed by atoms with Gasteiger partial charge in [-0.2, -0.15) is 0 Å². The molecule has 0 bridgehead atoms. The molecule has 3 heteroatoms. The Morgan fingerprint density at radius 1 is 1.38 bits per heavy atom. The van der Waals surface area contributed by atoms with Crippen LogP contribution in [0.1, 0.15) is 57.6 Å². The molecule has 3 nitrogen and oxygen atoms in total. The zero-order valence-electron chi connectivity index (χ0n) is 8.49. The fourth-order valence-electron chi connectivity index (χ4n) is 1.41. The summed E-state index contributed by atoms with van der Waals surface area (Å²) in [5.41, 5.74) is 0.983. The van der Waals surface area contributed by atoms with Crippen LogP contribution in [-0.2, 0) is 0 Å². The van der Waals surface area contributed by atoms with Gasteiger partial charge < -0.3 is 0 Å². The van der Waals surface area contributed by atoms with Crippen LogP contribution in [0.25, 0.3) is 0 Å². The number of hydrogen-bond acceptors (Lipinski definition) is 3. The van der Waals surface area contributed by atoms with Crippen LogP contribution < -0.4 is 0 Å². The first kappa shape index (κ1) is 10.2. The van der Waals surface area contributed by atoms with Crippen molar-refractivity contribution in [3.05, 3.63) is 11.9 Å². The summed E-state index contributed by atoms with van der Waals surface area (Å²) in [6, 6.07) is 0. The maximum atomic E-state index is 4.56. The Hall–Kier alpha value is -0.860. The first-order chi connectivity index (χ1) is 6.34. The largest absolute Gasteiger partial charge is 0.244 e. The van der Waals surface area contributed by atoms with Gasteiger partial charge in [-0.25, -0.2) is 4.63 Å². The lowest BCUT2D eigenvalue weighted by molar-refractivity contribution is 0.300. The molecule has 0 aliphatic rings. The molecule has 0 fully saturated rings. The van der Waals surface area contributed by atoms with Crippen LogP contribution in [0.2, 0.25) is 0 Å². The van der Waals surface area contributed by atoms with Crippen LogP contribution in [0, 0.1) is 0 Å². The third-order valence-corrected chi connectivity index (χ3v) is 2.37. The van der Waals surface area contributed by atoms with Gasteiger partial charge in [0.15, 0.2) is 0 Å². The van der Waals surface area contributed by atoms with E-state index < -0.39 is 0 Å². The number of unbranched alkanes of at least 4 members (excludes halogenated alkanes) is 3. The molecule has 0 aliphatic carbocycles. The van der Waals surface area contributed by atoms with E-state index in [0.29, 0.717) is 5.92 Å². The Morgan fingerprint density at radius 2 is 2.23 bits per heavy atom. The van der Waals surface area contributed by atoms with Gasteiger partial charge in [0.1, 0.15) is 5.69 Å². The van der Waals surface area contributed by atoms with Gasteiger partial charge in [0.2, 0.25) is 0 Å². The molecular formula is C10H18N2O. The van der Waals surface area contributed by atoms with Crippen LogP contribution in [0.4, 0.5) is 0 Å². The minimum atomic E-state index is 0.489. The molecule has 1 aromatic heterocycles. The zero-order chi connectivity index (χ0) is 9.52. The molecule has 74 valence electrons. The second-order valence-corrected chi connectivity index (χ2v) is 3.58. The Morgan fingerprint density at radius 3 is 2.85 bits per heavy atom. The molecule has 0 N–H and O–H groups in total. The summed E-state index contributed by atoms with van der Waals surface area (Å²) >= 11 is 0. The summed E-state index contributed by atoms with van der Waals surface area (Å²) in [6.45, 7) is 4.40. The molecule has 1 rings (SSSR count). The van der Waals surface area contributed by atoms with Gasteiger partial charge in [0.25, 0.3) is 0 Å².